The first-order valence-corrected chi connectivity index (χ1v) is 11.2. The van der Waals surface area contributed by atoms with Gasteiger partial charge in [0.15, 0.2) is 14.6 Å². The van der Waals surface area contributed by atoms with Crippen LogP contribution in [0, 0.1) is 13.8 Å². The first-order valence-electron chi connectivity index (χ1n) is 8.30. The van der Waals surface area contributed by atoms with Crippen LogP contribution in [-0.2, 0) is 21.7 Å². The topological polar surface area (TPSA) is 68.5 Å². The summed E-state index contributed by atoms with van der Waals surface area (Å²) < 4.78 is 27.6. The van der Waals surface area contributed by atoms with E-state index < -0.39 is 15.7 Å². The van der Waals surface area contributed by atoms with Gasteiger partial charge in [-0.1, -0.05) is 29.0 Å². The molecular weight excluding hydrogens is 404 g/mol. The van der Waals surface area contributed by atoms with Crippen molar-refractivity contribution in [1.29, 1.82) is 0 Å². The Morgan fingerprint density at radius 3 is 2.48 bits per heavy atom. The monoisotopic (exact) mass is 422 g/mol. The van der Waals surface area contributed by atoms with E-state index in [2.05, 4.69) is 4.99 Å². The molecule has 0 radical (unpaired) electrons. The minimum atomic E-state index is -3.55. The van der Waals surface area contributed by atoms with Gasteiger partial charge in [-0.25, -0.2) is 8.42 Å². The highest BCUT2D eigenvalue weighted by Crippen LogP contribution is 2.23. The summed E-state index contributed by atoms with van der Waals surface area (Å²) in [7, 11) is -1.69. The Morgan fingerprint density at radius 1 is 1.15 bits per heavy atom. The lowest BCUT2D eigenvalue weighted by Crippen LogP contribution is -2.16. The van der Waals surface area contributed by atoms with E-state index in [0.717, 1.165) is 15.8 Å². The molecule has 0 N–H and O–H groups in total. The van der Waals surface area contributed by atoms with E-state index in [1.54, 1.807) is 0 Å². The fourth-order valence-corrected chi connectivity index (χ4v) is 5.23. The maximum absolute atomic E-state index is 12.4. The molecule has 0 aliphatic rings. The number of halogens is 1. The molecule has 0 bridgehead atoms. The summed E-state index contributed by atoms with van der Waals surface area (Å²) in [6.45, 7) is 4.07. The predicted molar refractivity (Wildman–Crippen MR) is 109 cm³/mol. The van der Waals surface area contributed by atoms with Crippen molar-refractivity contribution in [3.8, 4) is 0 Å². The third-order valence-electron chi connectivity index (χ3n) is 4.47. The molecule has 27 heavy (non-hydrogen) atoms. The summed E-state index contributed by atoms with van der Waals surface area (Å²) in [5.74, 6) is -0.743. The lowest BCUT2D eigenvalue weighted by Gasteiger charge is -2.04. The second kappa shape index (κ2) is 7.58. The van der Waals surface area contributed by atoms with Crippen molar-refractivity contribution < 1.29 is 13.2 Å². The highest BCUT2D eigenvalue weighted by Gasteiger charge is 2.16. The molecule has 0 aliphatic carbocycles. The van der Waals surface area contributed by atoms with Crippen LogP contribution in [-0.4, -0.2) is 24.6 Å². The molecule has 0 spiro atoms. The third-order valence-corrected chi connectivity index (χ3v) is 7.55. The molecule has 1 aromatic heterocycles. The molecular formula is C19H19ClN2O3S2. The van der Waals surface area contributed by atoms with Crippen LogP contribution in [0.2, 0.25) is 5.02 Å². The van der Waals surface area contributed by atoms with Crippen LogP contribution >= 0.6 is 22.9 Å². The Balaban J connectivity index is 1.83. The van der Waals surface area contributed by atoms with E-state index in [-0.39, 0.29) is 17.1 Å². The predicted octanol–water partition coefficient (Wildman–Crippen LogP) is 3.80. The zero-order valence-electron chi connectivity index (χ0n) is 15.2. The van der Waals surface area contributed by atoms with Crippen molar-refractivity contribution in [2.45, 2.75) is 25.2 Å². The largest absolute Gasteiger partial charge is 0.319 e. The normalized spacial score (nSPS) is 12.7. The van der Waals surface area contributed by atoms with Gasteiger partial charge < -0.3 is 4.57 Å². The molecule has 5 nitrogen and oxygen atoms in total. The van der Waals surface area contributed by atoms with Gasteiger partial charge in [0.2, 0.25) is 5.91 Å². The van der Waals surface area contributed by atoms with Crippen molar-refractivity contribution in [2.24, 2.45) is 12.0 Å². The number of hydrogen-bond acceptors (Lipinski definition) is 4. The minimum absolute atomic E-state index is 0.151. The molecule has 1 amide bonds. The number of rotatable bonds is 4. The van der Waals surface area contributed by atoms with Crippen LogP contribution in [0.4, 0.5) is 0 Å². The summed E-state index contributed by atoms with van der Waals surface area (Å²) >= 11 is 7.20. The van der Waals surface area contributed by atoms with E-state index in [1.165, 1.54) is 41.2 Å². The first kappa shape index (κ1) is 19.8. The molecule has 0 saturated heterocycles. The average Bonchev–Trinajstić information content (AvgIpc) is 2.93. The maximum atomic E-state index is 12.4. The molecule has 3 rings (SSSR count). The van der Waals surface area contributed by atoms with Gasteiger partial charge >= 0.3 is 0 Å². The Labute approximate surface area is 166 Å². The van der Waals surface area contributed by atoms with Crippen molar-refractivity contribution in [2.75, 3.05) is 5.75 Å². The SMILES string of the molecule is Cc1ccc2sc(=NC(=O)CCS(=O)(=O)c3ccc(Cl)cc3)n(C)c2c1C. The Hall–Kier alpha value is -1.96. The number of sulfone groups is 1. The molecule has 0 saturated carbocycles. The second-order valence-corrected chi connectivity index (χ2v) is 9.88. The third kappa shape index (κ3) is 4.15. The average molecular weight is 423 g/mol. The highest BCUT2D eigenvalue weighted by atomic mass is 35.5. The molecule has 0 unspecified atom stereocenters. The minimum Gasteiger partial charge on any atom is -0.319 e. The van der Waals surface area contributed by atoms with Crippen LogP contribution in [0.5, 0.6) is 0 Å². The van der Waals surface area contributed by atoms with Crippen LogP contribution in [0.15, 0.2) is 46.3 Å². The number of thiazole rings is 1. The van der Waals surface area contributed by atoms with Crippen LogP contribution in [0.1, 0.15) is 17.5 Å². The van der Waals surface area contributed by atoms with Crippen LogP contribution in [0.3, 0.4) is 0 Å². The molecule has 3 aromatic rings. The van der Waals surface area contributed by atoms with Crippen LogP contribution in [0.25, 0.3) is 10.2 Å². The van der Waals surface area contributed by atoms with E-state index in [4.69, 9.17) is 11.6 Å². The Kier molecular flexibility index (Phi) is 5.55. The number of amides is 1. The molecule has 142 valence electrons. The van der Waals surface area contributed by atoms with E-state index >= 15 is 0 Å². The summed E-state index contributed by atoms with van der Waals surface area (Å²) in [6.07, 6.45) is -0.169. The quantitative estimate of drug-likeness (QED) is 0.642. The summed E-state index contributed by atoms with van der Waals surface area (Å²) in [5.41, 5.74) is 3.36. The number of aryl methyl sites for hydroxylation is 3. The van der Waals surface area contributed by atoms with E-state index in [0.29, 0.717) is 9.82 Å². The number of benzene rings is 2. The van der Waals surface area contributed by atoms with Gasteiger partial charge in [-0.3, -0.25) is 4.79 Å². The van der Waals surface area contributed by atoms with Gasteiger partial charge in [-0.2, -0.15) is 4.99 Å². The standard InChI is InChI=1S/C19H19ClN2O3S2/c1-12-4-9-16-18(13(12)2)22(3)19(26-16)21-17(23)10-11-27(24,25)15-7-5-14(20)6-8-15/h4-9H,10-11H2,1-3H3. The summed E-state index contributed by atoms with van der Waals surface area (Å²) in [5, 5.41) is 0.461. The fraction of sp³-hybridized carbons (Fsp3) is 0.263. The Morgan fingerprint density at radius 2 is 1.81 bits per heavy atom. The van der Waals surface area contributed by atoms with Crippen molar-refractivity contribution in [1.82, 2.24) is 4.57 Å². The van der Waals surface area contributed by atoms with Crippen LogP contribution < -0.4 is 4.80 Å². The Bertz CT molecular complexity index is 1190. The number of nitrogens with zero attached hydrogens (tertiary/aromatic N) is 2. The lowest BCUT2D eigenvalue weighted by atomic mass is 10.1. The van der Waals surface area contributed by atoms with Gasteiger partial charge in [0.05, 0.1) is 20.9 Å². The van der Waals surface area contributed by atoms with Crippen molar-refractivity contribution >= 4 is 48.9 Å². The molecule has 0 fully saturated rings. The molecule has 0 atom stereocenters. The number of hydrogen-bond donors (Lipinski definition) is 0. The molecule has 2 aromatic carbocycles. The number of aromatic nitrogens is 1. The zero-order valence-corrected chi connectivity index (χ0v) is 17.6. The van der Waals surface area contributed by atoms with Crippen molar-refractivity contribution in [3.63, 3.8) is 0 Å². The number of fused-ring (bicyclic) bond motifs is 1. The molecule has 0 aliphatic heterocycles. The van der Waals surface area contributed by atoms with Gasteiger partial charge in [0.1, 0.15) is 0 Å². The van der Waals surface area contributed by atoms with Gasteiger partial charge in [-0.15, -0.1) is 0 Å². The number of carbonyl (C=O) groups is 1. The second-order valence-electron chi connectivity index (χ2n) is 6.33. The summed E-state index contributed by atoms with van der Waals surface area (Å²) in [4.78, 5) is 17.1. The van der Waals surface area contributed by atoms with Gasteiger partial charge in [0, 0.05) is 18.5 Å². The maximum Gasteiger partial charge on any atom is 0.249 e. The van der Waals surface area contributed by atoms with Gasteiger partial charge in [0.25, 0.3) is 0 Å². The molecule has 1 heterocycles. The highest BCUT2D eigenvalue weighted by molar-refractivity contribution is 7.91. The van der Waals surface area contributed by atoms with E-state index in [1.807, 2.05) is 37.6 Å². The zero-order chi connectivity index (χ0) is 19.8. The smallest absolute Gasteiger partial charge is 0.249 e. The summed E-state index contributed by atoms with van der Waals surface area (Å²) in [6, 6.07) is 9.96. The molecule has 8 heteroatoms. The fourth-order valence-electron chi connectivity index (χ4n) is 2.78. The van der Waals surface area contributed by atoms with Gasteiger partial charge in [-0.05, 0) is 55.3 Å². The van der Waals surface area contributed by atoms with Crippen molar-refractivity contribution in [3.05, 3.63) is 57.3 Å². The first-order chi connectivity index (χ1) is 12.7. The van der Waals surface area contributed by atoms with E-state index in [9.17, 15) is 13.2 Å². The lowest BCUT2D eigenvalue weighted by molar-refractivity contribution is -0.117. The number of carbonyl (C=O) groups excluding carboxylic acids is 1.